The molecule has 1 atom stereocenters. The highest BCUT2D eigenvalue weighted by Crippen LogP contribution is 2.33. The fourth-order valence-electron chi connectivity index (χ4n) is 3.04. The molecule has 0 aliphatic carbocycles. The van der Waals surface area contributed by atoms with Gasteiger partial charge < -0.3 is 4.90 Å². The largest absolute Gasteiger partial charge is 0.305 e. The second kappa shape index (κ2) is 6.82. The summed E-state index contributed by atoms with van der Waals surface area (Å²) < 4.78 is 26.6. The van der Waals surface area contributed by atoms with Gasteiger partial charge in [-0.1, -0.05) is 24.3 Å². The highest BCUT2D eigenvalue weighted by atomic mass is 32.2. The van der Waals surface area contributed by atoms with E-state index in [2.05, 4.69) is 11.3 Å². The first-order chi connectivity index (χ1) is 11.9. The molecule has 2 aromatic rings. The summed E-state index contributed by atoms with van der Waals surface area (Å²) in [4.78, 5) is 14.8. The Kier molecular flexibility index (Phi) is 4.74. The molecular weight excluding hydrogens is 336 g/mol. The highest BCUT2D eigenvalue weighted by Gasteiger charge is 2.31. The first-order valence-corrected chi connectivity index (χ1v) is 9.54. The zero-order valence-electron chi connectivity index (χ0n) is 14.0. The van der Waals surface area contributed by atoms with Gasteiger partial charge in [0.25, 0.3) is 5.91 Å². The molecule has 130 valence electrons. The molecule has 0 saturated heterocycles. The lowest BCUT2D eigenvalue weighted by Gasteiger charge is -2.23. The molecular formula is C19H20N2O3S. The molecule has 0 radical (unpaired) electrons. The molecule has 1 aliphatic rings. The summed E-state index contributed by atoms with van der Waals surface area (Å²) >= 11 is 0. The lowest BCUT2D eigenvalue weighted by Crippen LogP contribution is -2.35. The van der Waals surface area contributed by atoms with Crippen molar-refractivity contribution in [2.45, 2.75) is 24.3 Å². The third-order valence-electron chi connectivity index (χ3n) is 4.26. The second-order valence-electron chi connectivity index (χ2n) is 6.02. The normalized spacial score (nSPS) is 16.5. The summed E-state index contributed by atoms with van der Waals surface area (Å²) in [7, 11) is -3.59. The lowest BCUT2D eigenvalue weighted by molar-refractivity contribution is 0.0981. The molecule has 0 bridgehead atoms. The van der Waals surface area contributed by atoms with Crippen LogP contribution in [0.3, 0.4) is 0 Å². The van der Waals surface area contributed by atoms with E-state index >= 15 is 0 Å². The monoisotopic (exact) mass is 356 g/mol. The minimum absolute atomic E-state index is 0.0718. The Morgan fingerprint density at radius 2 is 1.92 bits per heavy atom. The number of anilines is 1. The van der Waals surface area contributed by atoms with Gasteiger partial charge in [0.1, 0.15) is 0 Å². The maximum Gasteiger partial charge on any atom is 0.258 e. The third-order valence-corrected chi connectivity index (χ3v) is 5.69. The summed E-state index contributed by atoms with van der Waals surface area (Å²) in [5.41, 5.74) is 2.53. The number of fused-ring (bicyclic) bond motifs is 1. The number of para-hydroxylation sites is 1. The van der Waals surface area contributed by atoms with Gasteiger partial charge >= 0.3 is 0 Å². The van der Waals surface area contributed by atoms with Gasteiger partial charge in [0, 0.05) is 23.8 Å². The van der Waals surface area contributed by atoms with Crippen molar-refractivity contribution in [2.75, 3.05) is 11.4 Å². The fraction of sp³-hybridized carbons (Fsp3) is 0.211. The van der Waals surface area contributed by atoms with Crippen LogP contribution >= 0.6 is 0 Å². The van der Waals surface area contributed by atoms with Gasteiger partial charge in [-0.15, -0.1) is 6.58 Å². The molecule has 1 amide bonds. The standard InChI is InChI=1S/C19H20N2O3S/c1-3-12-20-25(23,24)17-10-8-15(9-11-17)19(22)21-14(2)13-16-6-4-5-7-18(16)21/h3-11,14,20H,1,12-13H2,2H3. The Labute approximate surface area is 148 Å². The first kappa shape index (κ1) is 17.4. The molecule has 2 aromatic carbocycles. The van der Waals surface area contributed by atoms with Crippen LogP contribution in [-0.2, 0) is 16.4 Å². The van der Waals surface area contributed by atoms with Crippen LogP contribution in [0.15, 0.2) is 66.1 Å². The summed E-state index contributed by atoms with van der Waals surface area (Å²) in [6, 6.07) is 13.9. The van der Waals surface area contributed by atoms with E-state index in [-0.39, 0.29) is 23.4 Å². The van der Waals surface area contributed by atoms with Crippen LogP contribution in [0.25, 0.3) is 0 Å². The van der Waals surface area contributed by atoms with Crippen LogP contribution in [0.2, 0.25) is 0 Å². The van der Waals surface area contributed by atoms with Crippen LogP contribution < -0.4 is 9.62 Å². The van der Waals surface area contributed by atoms with Crippen LogP contribution in [-0.4, -0.2) is 26.9 Å². The minimum Gasteiger partial charge on any atom is -0.305 e. The molecule has 0 fully saturated rings. The molecule has 25 heavy (non-hydrogen) atoms. The predicted octanol–water partition coefficient (Wildman–Crippen LogP) is 2.74. The van der Waals surface area contributed by atoms with Crippen molar-refractivity contribution in [1.82, 2.24) is 4.72 Å². The van der Waals surface area contributed by atoms with E-state index < -0.39 is 10.0 Å². The Bertz CT molecular complexity index is 905. The van der Waals surface area contributed by atoms with E-state index in [9.17, 15) is 13.2 Å². The number of nitrogens with zero attached hydrogens (tertiary/aromatic N) is 1. The Morgan fingerprint density at radius 3 is 2.60 bits per heavy atom. The van der Waals surface area contributed by atoms with Crippen LogP contribution in [0.4, 0.5) is 5.69 Å². The molecule has 0 saturated carbocycles. The zero-order valence-corrected chi connectivity index (χ0v) is 14.8. The number of hydrogen-bond acceptors (Lipinski definition) is 3. The van der Waals surface area contributed by atoms with Crippen molar-refractivity contribution in [3.8, 4) is 0 Å². The van der Waals surface area contributed by atoms with E-state index in [1.165, 1.54) is 18.2 Å². The maximum absolute atomic E-state index is 12.9. The van der Waals surface area contributed by atoms with E-state index in [4.69, 9.17) is 0 Å². The number of rotatable bonds is 5. The lowest BCUT2D eigenvalue weighted by atomic mass is 10.1. The molecule has 3 rings (SSSR count). The summed E-state index contributed by atoms with van der Waals surface area (Å²) in [6.07, 6.45) is 2.29. The molecule has 1 aliphatic heterocycles. The Hall–Kier alpha value is -2.44. The number of nitrogens with one attached hydrogen (secondary N) is 1. The summed E-state index contributed by atoms with van der Waals surface area (Å²) in [5, 5.41) is 0. The van der Waals surface area contributed by atoms with Crippen molar-refractivity contribution in [1.29, 1.82) is 0 Å². The molecule has 6 heteroatoms. The van der Waals surface area contributed by atoms with Gasteiger partial charge in [-0.3, -0.25) is 4.79 Å². The summed E-state index contributed by atoms with van der Waals surface area (Å²) in [6.45, 7) is 5.65. The number of carbonyl (C=O) groups is 1. The van der Waals surface area contributed by atoms with Gasteiger partial charge in [-0.2, -0.15) is 0 Å². The first-order valence-electron chi connectivity index (χ1n) is 8.06. The van der Waals surface area contributed by atoms with Gasteiger partial charge in [-0.25, -0.2) is 13.1 Å². The molecule has 1 N–H and O–H groups in total. The third kappa shape index (κ3) is 3.36. The van der Waals surface area contributed by atoms with E-state index in [0.29, 0.717) is 5.56 Å². The predicted molar refractivity (Wildman–Crippen MR) is 98.2 cm³/mol. The molecule has 0 aromatic heterocycles. The number of sulfonamides is 1. The van der Waals surface area contributed by atoms with Crippen LogP contribution in [0.1, 0.15) is 22.8 Å². The van der Waals surface area contributed by atoms with Crippen molar-refractivity contribution < 1.29 is 13.2 Å². The minimum atomic E-state index is -3.59. The van der Waals surface area contributed by atoms with Crippen molar-refractivity contribution in [3.05, 3.63) is 72.3 Å². The Balaban J connectivity index is 1.86. The fourth-order valence-corrected chi connectivity index (χ4v) is 4.04. The maximum atomic E-state index is 12.9. The van der Waals surface area contributed by atoms with Crippen molar-refractivity contribution in [3.63, 3.8) is 0 Å². The average molecular weight is 356 g/mol. The van der Waals surface area contributed by atoms with Gasteiger partial charge in [0.15, 0.2) is 0 Å². The van der Waals surface area contributed by atoms with Crippen LogP contribution in [0, 0.1) is 0 Å². The number of amides is 1. The smallest absolute Gasteiger partial charge is 0.258 e. The SMILES string of the molecule is C=CCNS(=O)(=O)c1ccc(C(=O)N2c3ccccc3CC2C)cc1. The van der Waals surface area contributed by atoms with Gasteiger partial charge in [-0.05, 0) is 49.2 Å². The van der Waals surface area contributed by atoms with E-state index in [1.807, 2.05) is 31.2 Å². The van der Waals surface area contributed by atoms with Gasteiger partial charge in [0.05, 0.1) is 4.90 Å². The zero-order chi connectivity index (χ0) is 18.0. The van der Waals surface area contributed by atoms with E-state index in [0.717, 1.165) is 17.7 Å². The number of benzene rings is 2. The molecule has 1 heterocycles. The van der Waals surface area contributed by atoms with Crippen molar-refractivity contribution >= 4 is 21.6 Å². The molecule has 0 spiro atoms. The second-order valence-corrected chi connectivity index (χ2v) is 7.79. The Morgan fingerprint density at radius 1 is 1.24 bits per heavy atom. The van der Waals surface area contributed by atoms with E-state index in [1.54, 1.807) is 17.0 Å². The average Bonchev–Trinajstić information content (AvgIpc) is 2.95. The highest BCUT2D eigenvalue weighted by molar-refractivity contribution is 7.89. The number of hydrogen-bond donors (Lipinski definition) is 1. The molecule has 1 unspecified atom stereocenters. The van der Waals surface area contributed by atoms with Crippen LogP contribution in [0.5, 0.6) is 0 Å². The van der Waals surface area contributed by atoms with Gasteiger partial charge in [0.2, 0.25) is 10.0 Å². The summed E-state index contributed by atoms with van der Waals surface area (Å²) in [5.74, 6) is -0.125. The molecule has 5 nitrogen and oxygen atoms in total. The quantitative estimate of drug-likeness (QED) is 0.838. The number of carbonyl (C=O) groups excluding carboxylic acids is 1. The van der Waals surface area contributed by atoms with Crippen molar-refractivity contribution in [2.24, 2.45) is 0 Å². The topological polar surface area (TPSA) is 66.5 Å².